The molecule has 5 nitrogen and oxygen atoms in total. The van der Waals surface area contributed by atoms with Crippen LogP contribution < -0.4 is 4.90 Å². The third kappa shape index (κ3) is 3.46. The summed E-state index contributed by atoms with van der Waals surface area (Å²) in [5, 5.41) is 0. The summed E-state index contributed by atoms with van der Waals surface area (Å²) in [6.45, 7) is 4.57. The second-order valence-electron chi connectivity index (χ2n) is 7.18. The van der Waals surface area contributed by atoms with Crippen molar-refractivity contribution in [3.05, 3.63) is 29.8 Å². The van der Waals surface area contributed by atoms with Crippen LogP contribution in [0.3, 0.4) is 0 Å². The molecule has 5 heteroatoms. The molecule has 0 N–H and O–H groups in total. The van der Waals surface area contributed by atoms with Crippen LogP contribution in [0.5, 0.6) is 0 Å². The van der Waals surface area contributed by atoms with E-state index in [1.807, 2.05) is 6.92 Å². The molecule has 2 fully saturated rings. The predicted molar refractivity (Wildman–Crippen MR) is 94.1 cm³/mol. The molecule has 134 valence electrons. The number of anilines is 1. The number of fused-ring (bicyclic) bond motifs is 1. The summed E-state index contributed by atoms with van der Waals surface area (Å²) in [6.07, 6.45) is 4.37. The van der Waals surface area contributed by atoms with E-state index in [2.05, 4.69) is 6.92 Å². The number of amides is 2. The molecule has 1 saturated heterocycles. The standard InChI is InChI=1S/C20H25NO4/c1-3-4-11-25-20(24)14-6-8-15(9-7-14)21-18(22)16-10-5-13(2)12-17(16)19(21)23/h6-9,13,16-17H,3-5,10-12H2,1-2H3/t13-,16-,17-/m1/s1. The van der Waals surface area contributed by atoms with Gasteiger partial charge < -0.3 is 4.74 Å². The molecule has 0 radical (unpaired) electrons. The number of imide groups is 1. The smallest absolute Gasteiger partial charge is 0.338 e. The maximum absolute atomic E-state index is 12.7. The van der Waals surface area contributed by atoms with Crippen molar-refractivity contribution in [3.63, 3.8) is 0 Å². The number of nitrogens with zero attached hydrogens (tertiary/aromatic N) is 1. The first-order valence-electron chi connectivity index (χ1n) is 9.18. The normalized spacial score (nSPS) is 25.8. The highest BCUT2D eigenvalue weighted by Gasteiger charge is 2.49. The van der Waals surface area contributed by atoms with E-state index in [-0.39, 0.29) is 29.6 Å². The van der Waals surface area contributed by atoms with E-state index in [9.17, 15) is 14.4 Å². The average molecular weight is 343 g/mol. The molecule has 1 aromatic rings. The van der Waals surface area contributed by atoms with Gasteiger partial charge in [0.25, 0.3) is 0 Å². The van der Waals surface area contributed by atoms with Gasteiger partial charge in [-0.3, -0.25) is 14.5 Å². The van der Waals surface area contributed by atoms with Gasteiger partial charge in [-0.05, 0) is 55.9 Å². The van der Waals surface area contributed by atoms with E-state index in [1.54, 1.807) is 24.3 Å². The van der Waals surface area contributed by atoms with Crippen LogP contribution in [0.25, 0.3) is 0 Å². The van der Waals surface area contributed by atoms with Gasteiger partial charge in [-0.25, -0.2) is 4.79 Å². The number of hydrogen-bond donors (Lipinski definition) is 0. The number of esters is 1. The Morgan fingerprint density at radius 1 is 1.12 bits per heavy atom. The first-order valence-corrected chi connectivity index (χ1v) is 9.18. The summed E-state index contributed by atoms with van der Waals surface area (Å²) in [5.41, 5.74) is 0.979. The first-order chi connectivity index (χ1) is 12.0. The summed E-state index contributed by atoms with van der Waals surface area (Å²) in [5.74, 6) is -0.447. The fourth-order valence-electron chi connectivity index (χ4n) is 3.78. The molecule has 0 bridgehead atoms. The van der Waals surface area contributed by atoms with Gasteiger partial charge in [0.2, 0.25) is 11.8 Å². The molecule has 0 spiro atoms. The molecule has 1 aromatic carbocycles. The minimum Gasteiger partial charge on any atom is -0.462 e. The number of unbranched alkanes of at least 4 members (excludes halogenated alkanes) is 1. The SMILES string of the molecule is CCCCOC(=O)c1ccc(N2C(=O)[C@@H]3CC[C@@H](C)C[C@H]3C2=O)cc1. The van der Waals surface area contributed by atoms with Crippen LogP contribution >= 0.6 is 0 Å². The highest BCUT2D eigenvalue weighted by Crippen LogP contribution is 2.42. The van der Waals surface area contributed by atoms with E-state index < -0.39 is 0 Å². The predicted octanol–water partition coefficient (Wildman–Crippen LogP) is 3.57. The zero-order valence-corrected chi connectivity index (χ0v) is 14.9. The van der Waals surface area contributed by atoms with Crippen LogP contribution in [0, 0.1) is 17.8 Å². The Hall–Kier alpha value is -2.17. The molecule has 2 amide bonds. The Morgan fingerprint density at radius 2 is 1.80 bits per heavy atom. The zero-order chi connectivity index (χ0) is 18.0. The lowest BCUT2D eigenvalue weighted by Crippen LogP contribution is -2.30. The molecule has 25 heavy (non-hydrogen) atoms. The van der Waals surface area contributed by atoms with Gasteiger partial charge in [-0.15, -0.1) is 0 Å². The van der Waals surface area contributed by atoms with E-state index in [4.69, 9.17) is 4.74 Å². The lowest BCUT2D eigenvalue weighted by molar-refractivity contribution is -0.122. The Balaban J connectivity index is 1.73. The van der Waals surface area contributed by atoms with Crippen molar-refractivity contribution in [2.45, 2.75) is 46.0 Å². The molecule has 1 heterocycles. The van der Waals surface area contributed by atoms with E-state index in [0.29, 0.717) is 23.8 Å². The number of ether oxygens (including phenoxy) is 1. The van der Waals surface area contributed by atoms with E-state index in [0.717, 1.165) is 32.1 Å². The second-order valence-corrected chi connectivity index (χ2v) is 7.18. The van der Waals surface area contributed by atoms with Crippen molar-refractivity contribution in [3.8, 4) is 0 Å². The fourth-order valence-corrected chi connectivity index (χ4v) is 3.78. The van der Waals surface area contributed by atoms with Crippen molar-refractivity contribution in [1.82, 2.24) is 0 Å². The topological polar surface area (TPSA) is 63.7 Å². The van der Waals surface area contributed by atoms with Crippen molar-refractivity contribution in [2.75, 3.05) is 11.5 Å². The molecule has 1 aliphatic heterocycles. The highest BCUT2D eigenvalue weighted by atomic mass is 16.5. The summed E-state index contributed by atoms with van der Waals surface area (Å²) in [7, 11) is 0. The molecule has 3 atom stereocenters. The average Bonchev–Trinajstić information content (AvgIpc) is 2.85. The van der Waals surface area contributed by atoms with Gasteiger partial charge in [-0.1, -0.05) is 20.3 Å². The van der Waals surface area contributed by atoms with Gasteiger partial charge in [-0.2, -0.15) is 0 Å². The number of rotatable bonds is 5. The number of benzene rings is 1. The quantitative estimate of drug-likeness (QED) is 0.466. The van der Waals surface area contributed by atoms with Crippen molar-refractivity contribution < 1.29 is 19.1 Å². The van der Waals surface area contributed by atoms with Gasteiger partial charge in [0, 0.05) is 0 Å². The molecular weight excluding hydrogens is 318 g/mol. The van der Waals surface area contributed by atoms with Crippen molar-refractivity contribution in [1.29, 1.82) is 0 Å². The van der Waals surface area contributed by atoms with Gasteiger partial charge in [0.1, 0.15) is 0 Å². The largest absolute Gasteiger partial charge is 0.462 e. The van der Waals surface area contributed by atoms with Gasteiger partial charge in [0.15, 0.2) is 0 Å². The number of hydrogen-bond acceptors (Lipinski definition) is 4. The monoisotopic (exact) mass is 343 g/mol. The second kappa shape index (κ2) is 7.38. The van der Waals surface area contributed by atoms with E-state index in [1.165, 1.54) is 4.90 Å². The van der Waals surface area contributed by atoms with Crippen LogP contribution in [0.2, 0.25) is 0 Å². The minimum atomic E-state index is -0.374. The summed E-state index contributed by atoms with van der Waals surface area (Å²) in [6, 6.07) is 6.56. The van der Waals surface area contributed by atoms with Crippen LogP contribution in [0.4, 0.5) is 5.69 Å². The molecule has 1 saturated carbocycles. The fraction of sp³-hybridized carbons (Fsp3) is 0.550. The number of carbonyl (C=O) groups excluding carboxylic acids is 3. The third-order valence-corrected chi connectivity index (χ3v) is 5.28. The summed E-state index contributed by atoms with van der Waals surface area (Å²) >= 11 is 0. The molecule has 0 aromatic heterocycles. The Kier molecular flexibility index (Phi) is 5.21. The lowest BCUT2D eigenvalue weighted by atomic mass is 9.76. The third-order valence-electron chi connectivity index (χ3n) is 5.28. The molecular formula is C20H25NO4. The number of carbonyl (C=O) groups is 3. The molecule has 3 rings (SSSR count). The van der Waals surface area contributed by atoms with Gasteiger partial charge >= 0.3 is 5.97 Å². The summed E-state index contributed by atoms with van der Waals surface area (Å²) in [4.78, 5) is 38.6. The maximum Gasteiger partial charge on any atom is 0.338 e. The first kappa shape index (κ1) is 17.6. The highest BCUT2D eigenvalue weighted by molar-refractivity contribution is 6.22. The van der Waals surface area contributed by atoms with Crippen molar-refractivity contribution >= 4 is 23.5 Å². The van der Waals surface area contributed by atoms with Crippen LogP contribution in [-0.4, -0.2) is 24.4 Å². The molecule has 1 aliphatic carbocycles. The molecule has 2 aliphatic rings. The Labute approximate surface area is 148 Å². The minimum absolute atomic E-state index is 0.0971. The van der Waals surface area contributed by atoms with E-state index >= 15 is 0 Å². The summed E-state index contributed by atoms with van der Waals surface area (Å²) < 4.78 is 5.18. The Morgan fingerprint density at radius 3 is 2.48 bits per heavy atom. The Bertz CT molecular complexity index is 667. The lowest BCUT2D eigenvalue weighted by Gasteiger charge is -2.25. The van der Waals surface area contributed by atoms with Gasteiger partial charge in [0.05, 0.1) is 29.7 Å². The molecule has 0 unspecified atom stereocenters. The van der Waals surface area contributed by atoms with Crippen LogP contribution in [0.1, 0.15) is 56.3 Å². The van der Waals surface area contributed by atoms with Crippen LogP contribution in [0.15, 0.2) is 24.3 Å². The zero-order valence-electron chi connectivity index (χ0n) is 14.9. The van der Waals surface area contributed by atoms with Crippen molar-refractivity contribution in [2.24, 2.45) is 17.8 Å². The maximum atomic E-state index is 12.7. The van der Waals surface area contributed by atoms with Crippen LogP contribution in [-0.2, 0) is 14.3 Å².